The van der Waals surface area contributed by atoms with Crippen molar-refractivity contribution >= 4 is 0 Å². The Morgan fingerprint density at radius 3 is 2.56 bits per heavy atom. The average Bonchev–Trinajstić information content (AvgIpc) is 2.14. The van der Waals surface area contributed by atoms with Crippen molar-refractivity contribution in [3.63, 3.8) is 0 Å². The van der Waals surface area contributed by atoms with E-state index in [0.717, 1.165) is 6.54 Å². The number of aromatic nitrogens is 2. The summed E-state index contributed by atoms with van der Waals surface area (Å²) in [5, 5.41) is 0. The molecule has 0 aromatic carbocycles. The predicted molar refractivity (Wildman–Crippen MR) is 39.4 cm³/mol. The lowest BCUT2D eigenvalue weighted by Gasteiger charge is -1.95. The van der Waals surface area contributed by atoms with Crippen molar-refractivity contribution in [1.82, 2.24) is 9.55 Å². The second-order valence-corrected chi connectivity index (χ2v) is 1.82. The molecule has 2 heteroatoms. The van der Waals surface area contributed by atoms with E-state index in [4.69, 9.17) is 0 Å². The Labute approximate surface area is 56.5 Å². The summed E-state index contributed by atoms with van der Waals surface area (Å²) in [7, 11) is 0. The minimum Gasteiger partial charge on any atom is -0.335 e. The zero-order valence-corrected chi connectivity index (χ0v) is 5.26. The summed E-state index contributed by atoms with van der Waals surface area (Å²) in [6.45, 7) is 5.18. The van der Waals surface area contributed by atoms with Gasteiger partial charge in [0, 0.05) is 18.4 Å². The van der Waals surface area contributed by atoms with E-state index in [2.05, 4.69) is 23.4 Å². The van der Waals surface area contributed by atoms with E-state index in [-0.39, 0.29) is 7.43 Å². The molecule has 0 amide bonds. The van der Waals surface area contributed by atoms with Crippen LogP contribution < -0.4 is 0 Å². The van der Waals surface area contributed by atoms with Gasteiger partial charge in [0.15, 0.2) is 0 Å². The molecule has 1 aromatic heterocycles. The fraction of sp³-hybridized carbons (Fsp3) is 0.571. The van der Waals surface area contributed by atoms with E-state index in [1.807, 2.05) is 12.5 Å². The molecule has 0 bridgehead atoms. The molecule has 0 N–H and O–H groups in total. The molecule has 0 unspecified atom stereocenters. The Balaban J connectivity index is 0.000000640. The first-order valence-electron chi connectivity index (χ1n) is 2.81. The van der Waals surface area contributed by atoms with Gasteiger partial charge in [-0.05, 0) is 13.8 Å². The van der Waals surface area contributed by atoms with Gasteiger partial charge in [-0.15, -0.1) is 0 Å². The second kappa shape index (κ2) is 3.28. The van der Waals surface area contributed by atoms with Gasteiger partial charge in [0.25, 0.3) is 0 Å². The predicted octanol–water partition coefficient (Wildman–Crippen LogP) is 1.85. The maximum Gasteiger partial charge on any atom is 0.0947 e. The SMILES string of the molecule is C.CCn1cncc1C. The van der Waals surface area contributed by atoms with Gasteiger partial charge in [0.1, 0.15) is 0 Å². The standard InChI is InChI=1S/C6H10N2.CH4/c1-3-8-5-7-4-6(8)2;/h4-5H,3H2,1-2H3;1H4. The van der Waals surface area contributed by atoms with Gasteiger partial charge in [-0.1, -0.05) is 7.43 Å². The Morgan fingerprint density at radius 1 is 1.67 bits per heavy atom. The number of rotatable bonds is 1. The maximum atomic E-state index is 3.96. The molecule has 0 saturated carbocycles. The van der Waals surface area contributed by atoms with E-state index < -0.39 is 0 Å². The van der Waals surface area contributed by atoms with Crippen LogP contribution in [-0.4, -0.2) is 9.55 Å². The lowest BCUT2D eigenvalue weighted by Crippen LogP contribution is -1.92. The third-order valence-corrected chi connectivity index (χ3v) is 1.26. The van der Waals surface area contributed by atoms with Crippen molar-refractivity contribution < 1.29 is 0 Å². The van der Waals surface area contributed by atoms with E-state index in [9.17, 15) is 0 Å². The van der Waals surface area contributed by atoms with Crippen molar-refractivity contribution in [3.05, 3.63) is 18.2 Å². The lowest BCUT2D eigenvalue weighted by atomic mass is 10.5. The van der Waals surface area contributed by atoms with Crippen LogP contribution in [0.15, 0.2) is 12.5 Å². The molecule has 52 valence electrons. The molecule has 9 heavy (non-hydrogen) atoms. The first-order chi connectivity index (χ1) is 3.84. The maximum absolute atomic E-state index is 3.96. The van der Waals surface area contributed by atoms with Crippen LogP contribution in [0.3, 0.4) is 0 Å². The third-order valence-electron chi connectivity index (χ3n) is 1.26. The third kappa shape index (κ3) is 1.56. The number of imidazole rings is 1. The summed E-state index contributed by atoms with van der Waals surface area (Å²) in [6, 6.07) is 0. The van der Waals surface area contributed by atoms with Crippen molar-refractivity contribution in [2.75, 3.05) is 0 Å². The number of nitrogens with zero attached hydrogens (tertiary/aromatic N) is 2. The van der Waals surface area contributed by atoms with Crippen molar-refractivity contribution in [2.24, 2.45) is 0 Å². The molecule has 1 rings (SSSR count). The molecular weight excluding hydrogens is 112 g/mol. The summed E-state index contributed by atoms with van der Waals surface area (Å²) in [5.74, 6) is 0. The van der Waals surface area contributed by atoms with Gasteiger partial charge in [0.2, 0.25) is 0 Å². The number of hydrogen-bond acceptors (Lipinski definition) is 1. The Hall–Kier alpha value is -0.790. The minimum atomic E-state index is 0. The van der Waals surface area contributed by atoms with Gasteiger partial charge in [-0.2, -0.15) is 0 Å². The zero-order chi connectivity index (χ0) is 5.98. The van der Waals surface area contributed by atoms with Crippen molar-refractivity contribution in [1.29, 1.82) is 0 Å². The van der Waals surface area contributed by atoms with Gasteiger partial charge < -0.3 is 4.57 Å². The van der Waals surface area contributed by atoms with Gasteiger partial charge in [-0.3, -0.25) is 0 Å². The molecule has 1 heterocycles. The van der Waals surface area contributed by atoms with Crippen molar-refractivity contribution in [2.45, 2.75) is 27.8 Å². The quantitative estimate of drug-likeness (QED) is 0.561. The van der Waals surface area contributed by atoms with Crippen LogP contribution in [0.4, 0.5) is 0 Å². The van der Waals surface area contributed by atoms with E-state index >= 15 is 0 Å². The second-order valence-electron chi connectivity index (χ2n) is 1.82. The first-order valence-corrected chi connectivity index (χ1v) is 2.81. The monoisotopic (exact) mass is 126 g/mol. The summed E-state index contributed by atoms with van der Waals surface area (Å²) in [4.78, 5) is 3.96. The van der Waals surface area contributed by atoms with Crippen LogP contribution in [-0.2, 0) is 6.54 Å². The van der Waals surface area contributed by atoms with Gasteiger partial charge in [0.05, 0.1) is 6.33 Å². The first kappa shape index (κ1) is 8.21. The molecule has 0 aliphatic heterocycles. The summed E-state index contributed by atoms with van der Waals surface area (Å²) in [6.07, 6.45) is 3.71. The fourth-order valence-electron chi connectivity index (χ4n) is 0.718. The molecule has 0 saturated heterocycles. The molecule has 0 atom stereocenters. The molecule has 0 aliphatic rings. The summed E-state index contributed by atoms with van der Waals surface area (Å²) in [5.41, 5.74) is 1.23. The van der Waals surface area contributed by atoms with E-state index in [1.165, 1.54) is 5.69 Å². The van der Waals surface area contributed by atoms with E-state index in [0.29, 0.717) is 0 Å². The summed E-state index contributed by atoms with van der Waals surface area (Å²) >= 11 is 0. The molecule has 0 radical (unpaired) electrons. The Bertz CT molecular complexity index is 167. The van der Waals surface area contributed by atoms with Crippen LogP contribution in [0.1, 0.15) is 20.0 Å². The normalized spacial score (nSPS) is 8.67. The Kier molecular flexibility index (Phi) is 2.99. The molecular formula is C7H14N2. The van der Waals surface area contributed by atoms with Crippen LogP contribution >= 0.6 is 0 Å². The highest BCUT2D eigenvalue weighted by Gasteiger charge is 1.88. The highest BCUT2D eigenvalue weighted by molar-refractivity contribution is 4.93. The number of aryl methyl sites for hydroxylation is 2. The average molecular weight is 126 g/mol. The summed E-state index contributed by atoms with van der Waals surface area (Å²) < 4.78 is 2.10. The van der Waals surface area contributed by atoms with Gasteiger partial charge >= 0.3 is 0 Å². The lowest BCUT2D eigenvalue weighted by molar-refractivity contribution is 0.737. The fourth-order valence-corrected chi connectivity index (χ4v) is 0.718. The van der Waals surface area contributed by atoms with E-state index in [1.54, 1.807) is 0 Å². The highest BCUT2D eigenvalue weighted by atomic mass is 15.0. The topological polar surface area (TPSA) is 17.8 Å². The van der Waals surface area contributed by atoms with Crippen molar-refractivity contribution in [3.8, 4) is 0 Å². The van der Waals surface area contributed by atoms with Gasteiger partial charge in [-0.25, -0.2) is 4.98 Å². The highest BCUT2D eigenvalue weighted by Crippen LogP contribution is 1.93. The molecule has 0 aliphatic carbocycles. The molecule has 0 fully saturated rings. The Morgan fingerprint density at radius 2 is 2.33 bits per heavy atom. The van der Waals surface area contributed by atoms with Crippen LogP contribution in [0.25, 0.3) is 0 Å². The zero-order valence-electron chi connectivity index (χ0n) is 5.26. The van der Waals surface area contributed by atoms with Crippen LogP contribution in [0.2, 0.25) is 0 Å². The molecule has 2 nitrogen and oxygen atoms in total. The molecule has 0 spiro atoms. The smallest absolute Gasteiger partial charge is 0.0947 e. The van der Waals surface area contributed by atoms with Crippen LogP contribution in [0.5, 0.6) is 0 Å². The minimum absolute atomic E-state index is 0. The largest absolute Gasteiger partial charge is 0.335 e. The van der Waals surface area contributed by atoms with Crippen LogP contribution in [0, 0.1) is 6.92 Å². The molecule has 1 aromatic rings. The number of hydrogen-bond donors (Lipinski definition) is 0.